The highest BCUT2D eigenvalue weighted by molar-refractivity contribution is 7.91. The molecular weight excluding hydrogens is 561 g/mol. The molecule has 3 aromatic carbocycles. The average molecular weight is 593 g/mol. The zero-order valence-electron chi connectivity index (χ0n) is 22.1. The number of aliphatic carboxylic acids is 2. The van der Waals surface area contributed by atoms with Crippen LogP contribution in [-0.2, 0) is 25.6 Å². The fraction of sp³-hybridized carbons (Fsp3) is 0.310. The number of hydrogen-bond donors (Lipinski definition) is 2. The second-order valence-corrected chi connectivity index (χ2v) is 11.5. The summed E-state index contributed by atoms with van der Waals surface area (Å²) in [5, 5.41) is 14.2. The Bertz CT molecular complexity index is 1380. The second-order valence-electron chi connectivity index (χ2n) is 9.39. The second kappa shape index (κ2) is 14.1. The Morgan fingerprint density at radius 1 is 0.805 bits per heavy atom. The molecule has 3 aromatic rings. The molecule has 1 heterocycles. The number of benzene rings is 3. The van der Waals surface area contributed by atoms with E-state index in [0.29, 0.717) is 36.5 Å². The van der Waals surface area contributed by atoms with Crippen molar-refractivity contribution in [1.82, 2.24) is 4.90 Å². The van der Waals surface area contributed by atoms with E-state index in [1.807, 2.05) is 35.2 Å². The highest BCUT2D eigenvalue weighted by atomic mass is 32.2. The molecule has 1 unspecified atom stereocenters. The first-order valence-electron chi connectivity index (χ1n) is 12.8. The molecular formula is C29H31F3N2O6S. The van der Waals surface area contributed by atoms with E-state index >= 15 is 0 Å². The van der Waals surface area contributed by atoms with Gasteiger partial charge in [-0.15, -0.1) is 0 Å². The maximum Gasteiger partial charge on any atom is 0.416 e. The molecule has 0 saturated carbocycles. The van der Waals surface area contributed by atoms with Crippen molar-refractivity contribution in [2.45, 2.75) is 29.2 Å². The summed E-state index contributed by atoms with van der Waals surface area (Å²) >= 11 is 0. The first kappa shape index (κ1) is 31.6. The highest BCUT2D eigenvalue weighted by Crippen LogP contribution is 2.34. The number of hydrogen-bond acceptors (Lipinski definition) is 6. The third-order valence-electron chi connectivity index (χ3n) is 6.65. The summed E-state index contributed by atoms with van der Waals surface area (Å²) in [5.74, 6) is -3.65. The first-order valence-corrected chi connectivity index (χ1v) is 14.4. The summed E-state index contributed by atoms with van der Waals surface area (Å²) in [5.41, 5.74) is 0.729. The van der Waals surface area contributed by atoms with Gasteiger partial charge in [-0.25, -0.2) is 18.0 Å². The predicted octanol–water partition coefficient (Wildman–Crippen LogP) is 4.98. The minimum Gasteiger partial charge on any atom is -0.473 e. The van der Waals surface area contributed by atoms with Crippen LogP contribution in [0.4, 0.5) is 18.9 Å². The molecule has 1 aliphatic heterocycles. The van der Waals surface area contributed by atoms with Gasteiger partial charge in [0, 0.05) is 31.9 Å². The fourth-order valence-electron chi connectivity index (χ4n) is 4.55. The zero-order chi connectivity index (χ0) is 30.0. The normalized spacial score (nSPS) is 15.0. The molecule has 1 aliphatic rings. The first-order chi connectivity index (χ1) is 19.4. The number of halogens is 3. The van der Waals surface area contributed by atoms with Crippen LogP contribution in [-0.4, -0.2) is 68.2 Å². The molecule has 0 bridgehead atoms. The lowest BCUT2D eigenvalue weighted by atomic mass is 10.1. The van der Waals surface area contributed by atoms with E-state index in [2.05, 4.69) is 4.90 Å². The predicted molar refractivity (Wildman–Crippen MR) is 147 cm³/mol. The van der Waals surface area contributed by atoms with E-state index in [1.54, 1.807) is 36.4 Å². The molecule has 0 spiro atoms. The number of carboxylic acid groups (broad SMARTS) is 2. The number of carbonyl (C=O) groups is 2. The SMILES string of the molecule is O=C(O)C(=O)O.O=S(=O)(c1ccccc1)C(CCCN1CCN(c2cccc(C(F)(F)F)c2)CC1)c1ccccc1. The van der Waals surface area contributed by atoms with Crippen LogP contribution in [0.3, 0.4) is 0 Å². The van der Waals surface area contributed by atoms with E-state index in [0.717, 1.165) is 31.3 Å². The van der Waals surface area contributed by atoms with E-state index in [4.69, 9.17) is 19.8 Å². The number of carboxylic acids is 2. The highest BCUT2D eigenvalue weighted by Gasteiger charge is 2.31. The molecule has 4 rings (SSSR count). The molecule has 8 nitrogen and oxygen atoms in total. The molecule has 12 heteroatoms. The summed E-state index contributed by atoms with van der Waals surface area (Å²) in [4.78, 5) is 22.7. The molecule has 0 aliphatic carbocycles. The minimum absolute atomic E-state index is 0.323. The molecule has 220 valence electrons. The maximum atomic E-state index is 13.4. The lowest BCUT2D eigenvalue weighted by molar-refractivity contribution is -0.159. The number of anilines is 1. The lowest BCUT2D eigenvalue weighted by Gasteiger charge is -2.36. The smallest absolute Gasteiger partial charge is 0.416 e. The number of piperazine rings is 1. The van der Waals surface area contributed by atoms with Gasteiger partial charge in [-0.2, -0.15) is 13.2 Å². The quantitative estimate of drug-likeness (QED) is 0.352. The Labute approximate surface area is 236 Å². The van der Waals surface area contributed by atoms with E-state index in [-0.39, 0.29) is 0 Å². The van der Waals surface area contributed by atoms with Crippen LogP contribution in [0, 0.1) is 0 Å². The maximum absolute atomic E-state index is 13.4. The van der Waals surface area contributed by atoms with Crippen molar-refractivity contribution >= 4 is 27.5 Å². The molecule has 41 heavy (non-hydrogen) atoms. The third-order valence-corrected chi connectivity index (χ3v) is 8.84. The van der Waals surface area contributed by atoms with Gasteiger partial charge in [0.25, 0.3) is 0 Å². The molecule has 1 saturated heterocycles. The zero-order valence-corrected chi connectivity index (χ0v) is 22.9. The summed E-state index contributed by atoms with van der Waals surface area (Å²) < 4.78 is 66.0. The number of rotatable bonds is 8. The van der Waals surface area contributed by atoms with Crippen molar-refractivity contribution in [3.63, 3.8) is 0 Å². The minimum atomic E-state index is -4.35. The van der Waals surface area contributed by atoms with E-state index < -0.39 is 38.8 Å². The van der Waals surface area contributed by atoms with Crippen molar-refractivity contribution in [3.05, 3.63) is 96.1 Å². The van der Waals surface area contributed by atoms with Gasteiger partial charge in [0.15, 0.2) is 9.84 Å². The Morgan fingerprint density at radius 3 is 1.90 bits per heavy atom. The summed E-state index contributed by atoms with van der Waals surface area (Å²) in [6, 6.07) is 23.3. The van der Waals surface area contributed by atoms with Gasteiger partial charge in [-0.05, 0) is 55.3 Å². The number of alkyl halides is 3. The Morgan fingerprint density at radius 2 is 1.37 bits per heavy atom. The third kappa shape index (κ3) is 9.05. The summed E-state index contributed by atoms with van der Waals surface area (Å²) in [7, 11) is -3.54. The number of nitrogens with zero attached hydrogens (tertiary/aromatic N) is 2. The van der Waals surface area contributed by atoms with Crippen molar-refractivity contribution < 1.29 is 41.4 Å². The van der Waals surface area contributed by atoms with Crippen molar-refractivity contribution in [3.8, 4) is 0 Å². The van der Waals surface area contributed by atoms with Crippen molar-refractivity contribution in [2.75, 3.05) is 37.6 Å². The molecule has 1 fully saturated rings. The summed E-state index contributed by atoms with van der Waals surface area (Å²) in [6.07, 6.45) is -3.16. The number of sulfone groups is 1. The molecule has 2 N–H and O–H groups in total. The van der Waals surface area contributed by atoms with Crippen molar-refractivity contribution in [2.24, 2.45) is 0 Å². The van der Waals surface area contributed by atoms with E-state index in [1.165, 1.54) is 12.1 Å². The van der Waals surface area contributed by atoms with Gasteiger partial charge in [0.1, 0.15) is 0 Å². The van der Waals surface area contributed by atoms with Crippen LogP contribution < -0.4 is 4.90 Å². The molecule has 1 atom stereocenters. The van der Waals surface area contributed by atoms with Crippen LogP contribution in [0.2, 0.25) is 0 Å². The fourth-order valence-corrected chi connectivity index (χ4v) is 6.41. The monoisotopic (exact) mass is 592 g/mol. The van der Waals surface area contributed by atoms with Gasteiger partial charge in [0.2, 0.25) is 0 Å². The Hall–Kier alpha value is -3.90. The molecule has 0 aromatic heterocycles. The lowest BCUT2D eigenvalue weighted by Crippen LogP contribution is -2.46. The molecule has 0 radical (unpaired) electrons. The Kier molecular flexibility index (Phi) is 10.9. The van der Waals surface area contributed by atoms with Crippen LogP contribution in [0.15, 0.2) is 89.8 Å². The van der Waals surface area contributed by atoms with Crippen LogP contribution in [0.5, 0.6) is 0 Å². The van der Waals surface area contributed by atoms with Gasteiger partial charge in [0.05, 0.1) is 15.7 Å². The van der Waals surface area contributed by atoms with Crippen LogP contribution >= 0.6 is 0 Å². The average Bonchev–Trinajstić information content (AvgIpc) is 2.96. The van der Waals surface area contributed by atoms with Crippen LogP contribution in [0.1, 0.15) is 29.2 Å². The van der Waals surface area contributed by atoms with Gasteiger partial charge >= 0.3 is 18.1 Å². The standard InChI is InChI=1S/C27H29F3N2O2S.C2H2O4/c28-27(29,30)23-11-7-12-24(21-23)32-19-17-31(18-20-32)16-8-15-26(22-9-3-1-4-10-22)35(33,34)25-13-5-2-6-14-25;3-1(4)2(5)6/h1-7,9-14,21,26H,8,15-20H2;(H,3,4)(H,5,6). The van der Waals surface area contributed by atoms with E-state index in [9.17, 15) is 21.6 Å². The van der Waals surface area contributed by atoms with Gasteiger partial charge < -0.3 is 15.1 Å². The topological polar surface area (TPSA) is 115 Å². The largest absolute Gasteiger partial charge is 0.473 e. The summed E-state index contributed by atoms with van der Waals surface area (Å²) in [6.45, 7) is 3.44. The van der Waals surface area contributed by atoms with Gasteiger partial charge in [-0.3, -0.25) is 4.90 Å². The van der Waals surface area contributed by atoms with Crippen molar-refractivity contribution in [1.29, 1.82) is 0 Å². The van der Waals surface area contributed by atoms with Crippen LogP contribution in [0.25, 0.3) is 0 Å². The van der Waals surface area contributed by atoms with Gasteiger partial charge in [-0.1, -0.05) is 54.6 Å². The Balaban J connectivity index is 0.000000696. The molecule has 0 amide bonds.